The Bertz CT molecular complexity index is 442. The monoisotopic (exact) mass is 344 g/mol. The summed E-state index contributed by atoms with van der Waals surface area (Å²) in [5, 5.41) is 4.44. The van der Waals surface area contributed by atoms with Gasteiger partial charge in [-0.3, -0.25) is 0 Å². The van der Waals surface area contributed by atoms with Crippen LogP contribution in [0.15, 0.2) is 22.7 Å². The molecule has 1 unspecified atom stereocenters. The summed E-state index contributed by atoms with van der Waals surface area (Å²) < 4.78 is 0.969. The van der Waals surface area contributed by atoms with Crippen LogP contribution in [0.1, 0.15) is 27.2 Å². The molecular formula is C15H22BrClN2. The summed E-state index contributed by atoms with van der Waals surface area (Å²) in [5.74, 6) is 0. The molecular weight excluding hydrogens is 324 g/mol. The highest BCUT2D eigenvalue weighted by Gasteiger charge is 2.28. The Kier molecular flexibility index (Phi) is 4.80. The smallest absolute Gasteiger partial charge is 0.0549 e. The third-order valence-corrected chi connectivity index (χ3v) is 4.93. The van der Waals surface area contributed by atoms with E-state index in [1.807, 2.05) is 6.07 Å². The topological polar surface area (TPSA) is 15.3 Å². The molecule has 0 aromatic heterocycles. The number of benzene rings is 1. The average molecular weight is 346 g/mol. The van der Waals surface area contributed by atoms with E-state index in [0.717, 1.165) is 29.1 Å². The maximum Gasteiger partial charge on any atom is 0.0549 e. The van der Waals surface area contributed by atoms with Gasteiger partial charge >= 0.3 is 0 Å². The van der Waals surface area contributed by atoms with Crippen molar-refractivity contribution in [3.8, 4) is 0 Å². The number of hydrogen-bond donors (Lipinski definition) is 1. The summed E-state index contributed by atoms with van der Waals surface area (Å²) in [6.07, 6.45) is 1.17. The maximum atomic E-state index is 6.08. The first-order valence-electron chi connectivity index (χ1n) is 6.81. The van der Waals surface area contributed by atoms with E-state index in [1.54, 1.807) is 0 Å². The molecule has 19 heavy (non-hydrogen) atoms. The van der Waals surface area contributed by atoms with Crippen LogP contribution in [0.25, 0.3) is 0 Å². The first kappa shape index (κ1) is 15.1. The molecule has 1 N–H and O–H groups in total. The Morgan fingerprint density at radius 3 is 2.74 bits per heavy atom. The van der Waals surface area contributed by atoms with Crippen molar-refractivity contribution in [3.63, 3.8) is 0 Å². The standard InChI is InChI=1S/C15H22BrClN2/c1-15(2,3)14-10-19(8-4-7-18-14)11-5-6-13(17)12(16)9-11/h5-6,9,14,18H,4,7-8,10H2,1-3H3. The normalized spacial score (nSPS) is 21.3. The predicted molar refractivity (Wildman–Crippen MR) is 87.2 cm³/mol. The van der Waals surface area contributed by atoms with Gasteiger partial charge in [-0.25, -0.2) is 0 Å². The van der Waals surface area contributed by atoms with E-state index in [2.05, 4.69) is 59.1 Å². The van der Waals surface area contributed by atoms with Crippen molar-refractivity contribution in [2.24, 2.45) is 5.41 Å². The number of hydrogen-bond acceptors (Lipinski definition) is 2. The van der Waals surface area contributed by atoms with Gasteiger partial charge in [-0.1, -0.05) is 32.4 Å². The van der Waals surface area contributed by atoms with Crippen molar-refractivity contribution in [2.75, 3.05) is 24.5 Å². The van der Waals surface area contributed by atoms with E-state index in [1.165, 1.54) is 12.1 Å². The molecule has 2 nitrogen and oxygen atoms in total. The first-order chi connectivity index (χ1) is 8.88. The van der Waals surface area contributed by atoms with E-state index < -0.39 is 0 Å². The van der Waals surface area contributed by atoms with Crippen molar-refractivity contribution < 1.29 is 0 Å². The molecule has 1 atom stereocenters. The summed E-state index contributed by atoms with van der Waals surface area (Å²) in [4.78, 5) is 2.46. The Morgan fingerprint density at radius 2 is 2.11 bits per heavy atom. The highest BCUT2D eigenvalue weighted by molar-refractivity contribution is 9.10. The maximum absolute atomic E-state index is 6.08. The van der Waals surface area contributed by atoms with E-state index in [4.69, 9.17) is 11.6 Å². The zero-order chi connectivity index (χ0) is 14.0. The van der Waals surface area contributed by atoms with Gasteiger partial charge in [0.15, 0.2) is 0 Å². The highest BCUT2D eigenvalue weighted by Crippen LogP contribution is 2.30. The summed E-state index contributed by atoms with van der Waals surface area (Å²) in [6.45, 7) is 10.1. The third-order valence-electron chi connectivity index (χ3n) is 3.71. The lowest BCUT2D eigenvalue weighted by Gasteiger charge is -2.34. The van der Waals surface area contributed by atoms with Crippen molar-refractivity contribution in [1.82, 2.24) is 5.32 Å². The van der Waals surface area contributed by atoms with Gasteiger partial charge in [-0.15, -0.1) is 0 Å². The highest BCUT2D eigenvalue weighted by atomic mass is 79.9. The van der Waals surface area contributed by atoms with Gasteiger partial charge < -0.3 is 10.2 Å². The fourth-order valence-corrected chi connectivity index (χ4v) is 2.90. The van der Waals surface area contributed by atoms with E-state index in [9.17, 15) is 0 Å². The minimum absolute atomic E-state index is 0.270. The average Bonchev–Trinajstić information content (AvgIpc) is 2.58. The number of rotatable bonds is 1. The molecule has 106 valence electrons. The van der Waals surface area contributed by atoms with Crippen LogP contribution >= 0.6 is 27.5 Å². The number of nitrogens with zero attached hydrogens (tertiary/aromatic N) is 1. The number of halogens is 2. The van der Waals surface area contributed by atoms with Gasteiger partial charge in [0.05, 0.1) is 5.02 Å². The lowest BCUT2D eigenvalue weighted by atomic mass is 9.86. The second kappa shape index (κ2) is 6.02. The number of anilines is 1. The van der Waals surface area contributed by atoms with Gasteiger partial charge in [-0.2, -0.15) is 0 Å². The third kappa shape index (κ3) is 3.87. The van der Waals surface area contributed by atoms with Crippen LogP contribution in [0.2, 0.25) is 5.02 Å². The van der Waals surface area contributed by atoms with Gasteiger partial charge in [0.2, 0.25) is 0 Å². The van der Waals surface area contributed by atoms with Crippen LogP contribution in [-0.2, 0) is 0 Å². The molecule has 0 radical (unpaired) electrons. The second-order valence-corrected chi connectivity index (χ2v) is 7.53. The molecule has 0 bridgehead atoms. The SMILES string of the molecule is CC(C)(C)C1CN(c2ccc(Cl)c(Br)c2)CCCN1. The van der Waals surface area contributed by atoms with Crippen LogP contribution in [-0.4, -0.2) is 25.7 Å². The fourth-order valence-electron chi connectivity index (χ4n) is 2.42. The van der Waals surface area contributed by atoms with Crippen molar-refractivity contribution in [2.45, 2.75) is 33.2 Å². The number of nitrogens with one attached hydrogen (secondary N) is 1. The molecule has 0 amide bonds. The van der Waals surface area contributed by atoms with Crippen LogP contribution in [0.4, 0.5) is 5.69 Å². The summed E-state index contributed by atoms with van der Waals surface area (Å²) >= 11 is 9.59. The van der Waals surface area contributed by atoms with E-state index in [-0.39, 0.29) is 5.41 Å². The molecule has 0 aliphatic carbocycles. The van der Waals surface area contributed by atoms with Crippen molar-refractivity contribution in [3.05, 3.63) is 27.7 Å². The molecule has 1 saturated heterocycles. The van der Waals surface area contributed by atoms with Crippen molar-refractivity contribution in [1.29, 1.82) is 0 Å². The van der Waals surface area contributed by atoms with Crippen LogP contribution in [0.5, 0.6) is 0 Å². The molecule has 1 heterocycles. The van der Waals surface area contributed by atoms with Crippen LogP contribution in [0, 0.1) is 5.41 Å². The molecule has 0 saturated carbocycles. The van der Waals surface area contributed by atoms with Crippen LogP contribution in [0.3, 0.4) is 0 Å². The molecule has 1 aromatic carbocycles. The Balaban J connectivity index is 2.20. The van der Waals surface area contributed by atoms with Crippen LogP contribution < -0.4 is 10.2 Å². The van der Waals surface area contributed by atoms with Gasteiger partial charge in [0.1, 0.15) is 0 Å². The van der Waals surface area contributed by atoms with Gasteiger partial charge in [-0.05, 0) is 52.5 Å². The predicted octanol–water partition coefficient (Wildman–Crippen LogP) is 4.32. The first-order valence-corrected chi connectivity index (χ1v) is 7.98. The minimum atomic E-state index is 0.270. The summed E-state index contributed by atoms with van der Waals surface area (Å²) in [6, 6.07) is 6.70. The largest absolute Gasteiger partial charge is 0.370 e. The summed E-state index contributed by atoms with van der Waals surface area (Å²) in [7, 11) is 0. The Morgan fingerprint density at radius 1 is 1.37 bits per heavy atom. The van der Waals surface area contributed by atoms with Crippen molar-refractivity contribution >= 4 is 33.2 Å². The van der Waals surface area contributed by atoms with Gasteiger partial charge in [0, 0.05) is 29.3 Å². The quantitative estimate of drug-likeness (QED) is 0.815. The zero-order valence-corrected chi connectivity index (χ0v) is 14.2. The van der Waals surface area contributed by atoms with Gasteiger partial charge in [0.25, 0.3) is 0 Å². The Labute approximate surface area is 129 Å². The molecule has 1 aliphatic rings. The zero-order valence-electron chi connectivity index (χ0n) is 11.8. The minimum Gasteiger partial charge on any atom is -0.370 e. The summed E-state index contributed by atoms with van der Waals surface area (Å²) in [5.41, 5.74) is 1.51. The lowest BCUT2D eigenvalue weighted by Crippen LogP contribution is -2.46. The fraction of sp³-hybridized carbons (Fsp3) is 0.600. The molecule has 1 aromatic rings. The second-order valence-electron chi connectivity index (χ2n) is 6.27. The molecule has 1 fully saturated rings. The van der Waals surface area contributed by atoms with E-state index in [0.29, 0.717) is 6.04 Å². The Hall–Kier alpha value is -0.250. The lowest BCUT2D eigenvalue weighted by molar-refractivity contribution is 0.280. The molecule has 0 spiro atoms. The van der Waals surface area contributed by atoms with E-state index >= 15 is 0 Å². The molecule has 2 rings (SSSR count). The molecule has 1 aliphatic heterocycles. The molecule has 4 heteroatoms.